The summed E-state index contributed by atoms with van der Waals surface area (Å²) in [5.74, 6) is -0.390. The number of allylic oxidation sites excluding steroid dienone is 1. The Balaban J connectivity index is 1.93. The summed E-state index contributed by atoms with van der Waals surface area (Å²) in [6.07, 6.45) is -3.62. The Labute approximate surface area is 187 Å². The maximum atomic E-state index is 13.2. The van der Waals surface area contributed by atoms with Crippen molar-refractivity contribution < 1.29 is 31.2 Å². The van der Waals surface area contributed by atoms with E-state index in [-0.39, 0.29) is 51.6 Å². The molecule has 1 heterocycles. The van der Waals surface area contributed by atoms with Gasteiger partial charge in [0.15, 0.2) is 15.6 Å². The fourth-order valence-corrected chi connectivity index (χ4v) is 5.13. The SMILES string of the molecule is CS(=O)(=O)c1cccc(C#N)c1C1NC(=O)N(c2cccc(C(F)(F)F)c2)C2=C1C(=O)CC2. The molecule has 7 nitrogen and oxygen atoms in total. The van der Waals surface area contributed by atoms with Crippen LogP contribution in [0.1, 0.15) is 35.6 Å². The van der Waals surface area contributed by atoms with Crippen LogP contribution in [0.15, 0.2) is 58.6 Å². The molecule has 2 amide bonds. The molecule has 0 fully saturated rings. The van der Waals surface area contributed by atoms with Gasteiger partial charge in [-0.2, -0.15) is 18.4 Å². The van der Waals surface area contributed by atoms with Gasteiger partial charge >= 0.3 is 12.2 Å². The van der Waals surface area contributed by atoms with Crippen LogP contribution in [0.3, 0.4) is 0 Å². The minimum atomic E-state index is -4.64. The average molecular weight is 475 g/mol. The molecule has 11 heteroatoms. The standard InChI is InChI=1S/C22H16F3N3O4S/c1-33(31,32)17-7-2-4-12(11-26)18(17)20-19-15(8-9-16(19)29)28(21(30)27-20)14-6-3-5-13(10-14)22(23,24)25/h2-7,10,20H,8-9H2,1H3,(H,27,30). The zero-order valence-corrected chi connectivity index (χ0v) is 17.9. The molecule has 4 rings (SSSR count). The van der Waals surface area contributed by atoms with Crippen molar-refractivity contribution in [3.8, 4) is 6.07 Å². The highest BCUT2D eigenvalue weighted by atomic mass is 32.2. The number of hydrogen-bond donors (Lipinski definition) is 1. The lowest BCUT2D eigenvalue weighted by Crippen LogP contribution is -2.47. The second-order valence-electron chi connectivity index (χ2n) is 7.65. The van der Waals surface area contributed by atoms with Crippen molar-refractivity contribution in [1.29, 1.82) is 5.26 Å². The summed E-state index contributed by atoms with van der Waals surface area (Å²) < 4.78 is 64.4. The van der Waals surface area contributed by atoms with Gasteiger partial charge in [-0.1, -0.05) is 12.1 Å². The van der Waals surface area contributed by atoms with E-state index >= 15 is 0 Å². The number of ketones is 1. The lowest BCUT2D eigenvalue weighted by molar-refractivity contribution is -0.137. The maximum Gasteiger partial charge on any atom is 0.416 e. The molecule has 2 aromatic carbocycles. The van der Waals surface area contributed by atoms with E-state index < -0.39 is 33.6 Å². The number of sulfone groups is 1. The second-order valence-corrected chi connectivity index (χ2v) is 9.64. The second kappa shape index (κ2) is 7.74. The molecular formula is C22H16F3N3O4S. The van der Waals surface area contributed by atoms with Crippen molar-refractivity contribution in [2.75, 3.05) is 11.2 Å². The van der Waals surface area contributed by atoms with E-state index in [1.165, 1.54) is 24.3 Å². The summed E-state index contributed by atoms with van der Waals surface area (Å²) in [5.41, 5.74) is -0.889. The third-order valence-electron chi connectivity index (χ3n) is 5.54. The molecule has 0 spiro atoms. The smallest absolute Gasteiger partial charge is 0.326 e. The van der Waals surface area contributed by atoms with Gasteiger partial charge in [-0.15, -0.1) is 0 Å². The van der Waals surface area contributed by atoms with Crippen LogP contribution in [0.2, 0.25) is 0 Å². The van der Waals surface area contributed by atoms with E-state index in [2.05, 4.69) is 5.32 Å². The number of amides is 2. The minimum Gasteiger partial charge on any atom is -0.326 e. The molecular weight excluding hydrogens is 459 g/mol. The lowest BCUT2D eigenvalue weighted by atomic mass is 9.91. The number of nitrogens with zero attached hydrogens (tertiary/aromatic N) is 2. The predicted molar refractivity (Wildman–Crippen MR) is 111 cm³/mol. The summed E-state index contributed by atoms with van der Waals surface area (Å²) in [5, 5.41) is 12.1. The number of carbonyl (C=O) groups excluding carboxylic acids is 2. The fourth-order valence-electron chi connectivity index (χ4n) is 4.18. The molecule has 1 atom stereocenters. The van der Waals surface area contributed by atoms with E-state index in [0.717, 1.165) is 29.4 Å². The minimum absolute atomic E-state index is 0.00544. The number of alkyl halides is 3. The Hall–Kier alpha value is -3.65. The number of halogens is 3. The first-order chi connectivity index (χ1) is 15.4. The van der Waals surface area contributed by atoms with Gasteiger partial charge in [0.05, 0.1) is 33.8 Å². The Bertz CT molecular complexity index is 1370. The van der Waals surface area contributed by atoms with E-state index in [1.807, 2.05) is 6.07 Å². The molecule has 170 valence electrons. The van der Waals surface area contributed by atoms with Crippen LogP contribution < -0.4 is 10.2 Å². The lowest BCUT2D eigenvalue weighted by Gasteiger charge is -2.35. The summed E-state index contributed by atoms with van der Waals surface area (Å²) in [4.78, 5) is 26.7. The average Bonchev–Trinajstić information content (AvgIpc) is 3.12. The van der Waals surface area contributed by atoms with Gasteiger partial charge in [0.1, 0.15) is 0 Å². The Morgan fingerprint density at radius 2 is 1.82 bits per heavy atom. The van der Waals surface area contributed by atoms with Crippen LogP contribution in [-0.4, -0.2) is 26.5 Å². The van der Waals surface area contributed by atoms with E-state index in [4.69, 9.17) is 0 Å². The van der Waals surface area contributed by atoms with Crippen molar-refractivity contribution >= 4 is 27.3 Å². The van der Waals surface area contributed by atoms with Gasteiger partial charge in [0.2, 0.25) is 0 Å². The summed E-state index contributed by atoms with van der Waals surface area (Å²) in [6.45, 7) is 0. The topological polar surface area (TPSA) is 107 Å². The third kappa shape index (κ3) is 3.87. The van der Waals surface area contributed by atoms with Crippen molar-refractivity contribution in [2.24, 2.45) is 0 Å². The van der Waals surface area contributed by atoms with Crippen molar-refractivity contribution in [2.45, 2.75) is 30.0 Å². The number of Topliss-reactive ketones (excluding diaryl/α,β-unsaturated/α-hetero) is 1. The monoisotopic (exact) mass is 475 g/mol. The van der Waals surface area contributed by atoms with Gasteiger partial charge in [-0.25, -0.2) is 13.2 Å². The van der Waals surface area contributed by atoms with Crippen LogP contribution >= 0.6 is 0 Å². The molecule has 1 aliphatic heterocycles. The van der Waals surface area contributed by atoms with Gasteiger partial charge in [0, 0.05) is 29.5 Å². The van der Waals surface area contributed by atoms with Crippen LogP contribution in [0.5, 0.6) is 0 Å². The third-order valence-corrected chi connectivity index (χ3v) is 6.69. The molecule has 0 bridgehead atoms. The highest BCUT2D eigenvalue weighted by molar-refractivity contribution is 7.90. The molecule has 1 unspecified atom stereocenters. The number of rotatable bonds is 3. The maximum absolute atomic E-state index is 13.2. The number of anilines is 1. The molecule has 0 aromatic heterocycles. The number of benzene rings is 2. The number of nitriles is 1. The molecule has 33 heavy (non-hydrogen) atoms. The first-order valence-corrected chi connectivity index (χ1v) is 11.6. The first kappa shape index (κ1) is 22.5. The molecule has 0 saturated heterocycles. The number of hydrogen-bond acceptors (Lipinski definition) is 5. The van der Waals surface area contributed by atoms with Crippen molar-refractivity contribution in [3.63, 3.8) is 0 Å². The Kier molecular flexibility index (Phi) is 5.29. The number of urea groups is 1. The van der Waals surface area contributed by atoms with Crippen molar-refractivity contribution in [1.82, 2.24) is 5.32 Å². The summed E-state index contributed by atoms with van der Waals surface area (Å²) >= 11 is 0. The van der Waals surface area contributed by atoms with Crippen molar-refractivity contribution in [3.05, 3.63) is 70.4 Å². The van der Waals surface area contributed by atoms with E-state index in [0.29, 0.717) is 0 Å². The van der Waals surface area contributed by atoms with E-state index in [1.54, 1.807) is 0 Å². The molecule has 2 aliphatic rings. The predicted octanol–water partition coefficient (Wildman–Crippen LogP) is 3.87. The Morgan fingerprint density at radius 1 is 1.12 bits per heavy atom. The highest BCUT2D eigenvalue weighted by Crippen LogP contribution is 2.43. The van der Waals surface area contributed by atoms with Crippen LogP contribution in [0.25, 0.3) is 0 Å². The summed E-state index contributed by atoms with van der Waals surface area (Å²) in [6, 6.07) is 7.99. The number of nitrogens with one attached hydrogen (secondary N) is 1. The zero-order valence-electron chi connectivity index (χ0n) is 17.1. The molecule has 0 saturated carbocycles. The fraction of sp³-hybridized carbons (Fsp3) is 0.227. The molecule has 1 N–H and O–H groups in total. The van der Waals surface area contributed by atoms with Crippen LogP contribution in [0.4, 0.5) is 23.7 Å². The first-order valence-electron chi connectivity index (χ1n) is 9.70. The van der Waals surface area contributed by atoms with Crippen LogP contribution in [0, 0.1) is 11.3 Å². The molecule has 2 aromatic rings. The van der Waals surface area contributed by atoms with Gasteiger partial charge < -0.3 is 5.32 Å². The summed E-state index contributed by atoms with van der Waals surface area (Å²) in [7, 11) is -3.84. The van der Waals surface area contributed by atoms with Gasteiger partial charge in [0.25, 0.3) is 0 Å². The van der Waals surface area contributed by atoms with Gasteiger partial charge in [-0.3, -0.25) is 9.69 Å². The normalized spacial score (nSPS) is 18.8. The zero-order chi connectivity index (χ0) is 24.1. The molecule has 1 aliphatic carbocycles. The highest BCUT2D eigenvalue weighted by Gasteiger charge is 2.43. The van der Waals surface area contributed by atoms with E-state index in [9.17, 15) is 36.4 Å². The quantitative estimate of drug-likeness (QED) is 0.725. The van der Waals surface area contributed by atoms with Gasteiger partial charge in [-0.05, 0) is 36.8 Å². The number of carbonyl (C=O) groups is 2. The Morgan fingerprint density at radius 3 is 2.45 bits per heavy atom. The molecule has 0 radical (unpaired) electrons. The largest absolute Gasteiger partial charge is 0.416 e. The van der Waals surface area contributed by atoms with Crippen LogP contribution in [-0.2, 0) is 20.8 Å².